The first-order chi connectivity index (χ1) is 12.6. The molecule has 1 aromatic carbocycles. The van der Waals surface area contributed by atoms with Crippen LogP contribution in [0.5, 0.6) is 0 Å². The number of nitrogens with zero attached hydrogens (tertiary/aromatic N) is 4. The highest BCUT2D eigenvalue weighted by molar-refractivity contribution is 7.19. The molecule has 1 aliphatic carbocycles. The quantitative estimate of drug-likeness (QED) is 0.513. The van der Waals surface area contributed by atoms with Crippen LogP contribution in [-0.4, -0.2) is 39.4 Å². The van der Waals surface area contributed by atoms with E-state index in [1.54, 1.807) is 18.2 Å². The van der Waals surface area contributed by atoms with Gasteiger partial charge in [0.15, 0.2) is 4.96 Å². The molecule has 1 amide bonds. The minimum Gasteiger partial charge on any atom is -0.338 e. The van der Waals surface area contributed by atoms with E-state index in [0.29, 0.717) is 11.7 Å². The standard InChI is InChI=1S/C19H20N4O2S/c1-12-17(18(25)22(2)14-6-4-3-5-7-14)26-19-21-15-9-8-13(20-11-24)10-16(15)23(12)19/h8-10,14H,3-7H2,1-2H3. The smallest absolute Gasteiger partial charge is 0.265 e. The van der Waals surface area contributed by atoms with E-state index in [1.165, 1.54) is 30.6 Å². The Balaban J connectivity index is 1.76. The Bertz CT molecular complexity index is 1040. The number of fused-ring (bicyclic) bond motifs is 3. The first kappa shape index (κ1) is 16.9. The Morgan fingerprint density at radius 3 is 2.85 bits per heavy atom. The molecule has 1 saturated carbocycles. The maximum absolute atomic E-state index is 13.1. The van der Waals surface area contributed by atoms with Crippen molar-refractivity contribution in [3.05, 3.63) is 28.8 Å². The molecular weight excluding hydrogens is 348 g/mol. The van der Waals surface area contributed by atoms with Crippen molar-refractivity contribution in [1.82, 2.24) is 14.3 Å². The Hall–Kier alpha value is -2.50. The van der Waals surface area contributed by atoms with Gasteiger partial charge in [-0.2, -0.15) is 4.99 Å². The van der Waals surface area contributed by atoms with E-state index in [0.717, 1.165) is 39.4 Å². The molecule has 0 atom stereocenters. The van der Waals surface area contributed by atoms with Crippen molar-refractivity contribution in [2.24, 2.45) is 4.99 Å². The van der Waals surface area contributed by atoms with Gasteiger partial charge in [-0.1, -0.05) is 30.6 Å². The van der Waals surface area contributed by atoms with E-state index in [2.05, 4.69) is 9.98 Å². The molecule has 7 heteroatoms. The molecule has 0 bridgehead atoms. The summed E-state index contributed by atoms with van der Waals surface area (Å²) in [5.74, 6) is 0.0696. The molecule has 134 valence electrons. The summed E-state index contributed by atoms with van der Waals surface area (Å²) in [6.07, 6.45) is 7.39. The van der Waals surface area contributed by atoms with Gasteiger partial charge < -0.3 is 4.90 Å². The third-order valence-electron chi connectivity index (χ3n) is 5.28. The molecule has 0 unspecified atom stereocenters. The second kappa shape index (κ2) is 6.67. The van der Waals surface area contributed by atoms with Crippen LogP contribution in [-0.2, 0) is 4.79 Å². The van der Waals surface area contributed by atoms with Gasteiger partial charge in [0.25, 0.3) is 5.91 Å². The Morgan fingerprint density at radius 1 is 1.35 bits per heavy atom. The summed E-state index contributed by atoms with van der Waals surface area (Å²) in [6, 6.07) is 5.71. The molecule has 3 aromatic rings. The summed E-state index contributed by atoms with van der Waals surface area (Å²) in [6.45, 7) is 1.95. The normalized spacial score (nSPS) is 15.3. The van der Waals surface area contributed by atoms with Crippen LogP contribution >= 0.6 is 11.3 Å². The summed E-state index contributed by atoms with van der Waals surface area (Å²) in [5, 5.41) is 0. The number of aryl methyl sites for hydroxylation is 1. The number of carbonyl (C=O) groups is 1. The highest BCUT2D eigenvalue weighted by atomic mass is 32.1. The van der Waals surface area contributed by atoms with E-state index < -0.39 is 0 Å². The predicted octanol–water partition coefficient (Wildman–Crippen LogP) is 4.23. The van der Waals surface area contributed by atoms with Gasteiger partial charge in [0, 0.05) is 18.8 Å². The second-order valence-corrected chi connectivity index (χ2v) is 7.81. The van der Waals surface area contributed by atoms with Crippen molar-refractivity contribution in [3.8, 4) is 0 Å². The van der Waals surface area contributed by atoms with E-state index in [-0.39, 0.29) is 5.91 Å². The third-order valence-corrected chi connectivity index (χ3v) is 6.41. The molecule has 0 N–H and O–H groups in total. The van der Waals surface area contributed by atoms with E-state index in [9.17, 15) is 9.59 Å². The largest absolute Gasteiger partial charge is 0.338 e. The lowest BCUT2D eigenvalue weighted by Crippen LogP contribution is -2.38. The third kappa shape index (κ3) is 2.73. The number of amides is 1. The van der Waals surface area contributed by atoms with Crippen molar-refractivity contribution in [3.63, 3.8) is 0 Å². The molecule has 1 aliphatic rings. The minimum absolute atomic E-state index is 0.0696. The first-order valence-corrected chi connectivity index (χ1v) is 9.68. The number of aliphatic imine (C=N–C) groups is 1. The Labute approximate surface area is 155 Å². The molecule has 1 fully saturated rings. The number of carbonyl (C=O) groups excluding carboxylic acids is 2. The van der Waals surface area contributed by atoms with Crippen molar-refractivity contribution < 1.29 is 9.59 Å². The average Bonchev–Trinajstić information content (AvgIpc) is 3.18. The summed E-state index contributed by atoms with van der Waals surface area (Å²) < 4.78 is 1.98. The van der Waals surface area contributed by atoms with Crippen LogP contribution < -0.4 is 0 Å². The Kier molecular flexibility index (Phi) is 4.34. The van der Waals surface area contributed by atoms with Crippen LogP contribution in [0.4, 0.5) is 5.69 Å². The van der Waals surface area contributed by atoms with Crippen molar-refractivity contribution in [2.75, 3.05) is 7.05 Å². The van der Waals surface area contributed by atoms with Crippen LogP contribution in [0, 0.1) is 6.92 Å². The zero-order valence-electron chi connectivity index (χ0n) is 14.9. The first-order valence-electron chi connectivity index (χ1n) is 8.87. The van der Waals surface area contributed by atoms with Gasteiger partial charge in [-0.15, -0.1) is 0 Å². The number of benzene rings is 1. The highest BCUT2D eigenvalue weighted by Crippen LogP contribution is 2.31. The zero-order valence-corrected chi connectivity index (χ0v) is 15.7. The molecule has 0 spiro atoms. The van der Waals surface area contributed by atoms with Crippen LogP contribution in [0.25, 0.3) is 16.0 Å². The average molecular weight is 368 g/mol. The molecule has 6 nitrogen and oxygen atoms in total. The number of aromatic nitrogens is 2. The summed E-state index contributed by atoms with van der Waals surface area (Å²) in [7, 11) is 1.91. The maximum Gasteiger partial charge on any atom is 0.265 e. The van der Waals surface area contributed by atoms with E-state index in [4.69, 9.17) is 0 Å². The van der Waals surface area contributed by atoms with Gasteiger partial charge in [0.2, 0.25) is 6.08 Å². The van der Waals surface area contributed by atoms with Gasteiger partial charge in [-0.3, -0.25) is 9.20 Å². The summed E-state index contributed by atoms with van der Waals surface area (Å²) >= 11 is 1.42. The molecule has 0 radical (unpaired) electrons. The number of rotatable bonds is 3. The van der Waals surface area contributed by atoms with Gasteiger partial charge >= 0.3 is 0 Å². The molecule has 2 heterocycles. The number of hydrogen-bond acceptors (Lipinski definition) is 5. The molecule has 26 heavy (non-hydrogen) atoms. The number of isocyanates is 1. The highest BCUT2D eigenvalue weighted by Gasteiger charge is 2.27. The summed E-state index contributed by atoms with van der Waals surface area (Å²) in [4.78, 5) is 35.3. The lowest BCUT2D eigenvalue weighted by Gasteiger charge is -2.31. The van der Waals surface area contributed by atoms with Crippen LogP contribution in [0.15, 0.2) is 23.2 Å². The number of thiazole rings is 1. The van der Waals surface area contributed by atoms with Gasteiger partial charge in [-0.25, -0.2) is 9.78 Å². The number of imidazole rings is 1. The van der Waals surface area contributed by atoms with Crippen molar-refractivity contribution in [1.29, 1.82) is 0 Å². The topological polar surface area (TPSA) is 67.0 Å². The molecule has 2 aromatic heterocycles. The van der Waals surface area contributed by atoms with Gasteiger partial charge in [-0.05, 0) is 38.0 Å². The second-order valence-electron chi connectivity index (χ2n) is 6.83. The van der Waals surface area contributed by atoms with Crippen LogP contribution in [0.3, 0.4) is 0 Å². The molecule has 0 aliphatic heterocycles. The zero-order chi connectivity index (χ0) is 18.3. The fraction of sp³-hybridized carbons (Fsp3) is 0.421. The Morgan fingerprint density at radius 2 is 2.12 bits per heavy atom. The van der Waals surface area contributed by atoms with E-state index >= 15 is 0 Å². The van der Waals surface area contributed by atoms with Crippen LogP contribution in [0.1, 0.15) is 47.5 Å². The van der Waals surface area contributed by atoms with Crippen molar-refractivity contribution >= 4 is 45.0 Å². The monoisotopic (exact) mass is 368 g/mol. The minimum atomic E-state index is 0.0696. The number of hydrogen-bond donors (Lipinski definition) is 0. The molecular formula is C19H20N4O2S. The summed E-state index contributed by atoms with van der Waals surface area (Å²) in [5.41, 5.74) is 3.09. The predicted molar refractivity (Wildman–Crippen MR) is 102 cm³/mol. The lowest BCUT2D eigenvalue weighted by molar-refractivity contribution is 0.0700. The molecule has 0 saturated heterocycles. The van der Waals surface area contributed by atoms with Gasteiger partial charge in [0.05, 0.1) is 16.7 Å². The molecule has 4 rings (SSSR count). The fourth-order valence-corrected chi connectivity index (χ4v) is 4.94. The maximum atomic E-state index is 13.1. The van der Waals surface area contributed by atoms with E-state index in [1.807, 2.05) is 29.3 Å². The fourth-order valence-electron chi connectivity index (χ4n) is 3.82. The van der Waals surface area contributed by atoms with Crippen molar-refractivity contribution in [2.45, 2.75) is 45.1 Å². The van der Waals surface area contributed by atoms with Gasteiger partial charge in [0.1, 0.15) is 4.88 Å². The lowest BCUT2D eigenvalue weighted by atomic mass is 9.94. The SMILES string of the molecule is Cc1c(C(=O)N(C)C2CCCCC2)sc2nc3ccc(N=C=O)cc3n12. The van der Waals surface area contributed by atoms with Crippen LogP contribution in [0.2, 0.25) is 0 Å².